The van der Waals surface area contributed by atoms with Crippen molar-refractivity contribution in [2.45, 2.75) is 20.1 Å². The standard InChI is InChI=1S/C26H22BrClN2O4/c1-16-3-5-17(6-4-16)14-30-25(31)22(29-26(30)32)11-19-12-23(33-2)24(13-21(19)27)34-15-18-7-9-20(28)10-8-18/h3-13H,14-15H2,1-2H3,(H,29,32)/b22-11+. The minimum atomic E-state index is -0.456. The van der Waals surface area contributed by atoms with Crippen LogP contribution >= 0.6 is 27.5 Å². The molecule has 1 fully saturated rings. The van der Waals surface area contributed by atoms with Crippen LogP contribution in [0.1, 0.15) is 22.3 Å². The number of ether oxygens (including phenoxy) is 2. The average molecular weight is 542 g/mol. The summed E-state index contributed by atoms with van der Waals surface area (Å²) in [5.74, 6) is 0.645. The van der Waals surface area contributed by atoms with Gasteiger partial charge >= 0.3 is 6.03 Å². The number of rotatable bonds is 7. The van der Waals surface area contributed by atoms with Crippen LogP contribution in [-0.4, -0.2) is 23.9 Å². The summed E-state index contributed by atoms with van der Waals surface area (Å²) in [6.07, 6.45) is 1.62. The summed E-state index contributed by atoms with van der Waals surface area (Å²) in [6.45, 7) is 2.52. The number of hydrogen-bond donors (Lipinski definition) is 1. The maximum absolute atomic E-state index is 12.9. The molecule has 0 bridgehead atoms. The summed E-state index contributed by atoms with van der Waals surface area (Å²) < 4.78 is 12.1. The van der Waals surface area contributed by atoms with Gasteiger partial charge in [0.25, 0.3) is 5.91 Å². The number of nitrogens with one attached hydrogen (secondary N) is 1. The number of methoxy groups -OCH3 is 1. The van der Waals surface area contributed by atoms with E-state index in [-0.39, 0.29) is 18.1 Å². The van der Waals surface area contributed by atoms with Gasteiger partial charge in [0.05, 0.1) is 13.7 Å². The summed E-state index contributed by atoms with van der Waals surface area (Å²) in [4.78, 5) is 26.5. The van der Waals surface area contributed by atoms with Gasteiger partial charge in [0, 0.05) is 9.50 Å². The van der Waals surface area contributed by atoms with Crippen LogP contribution in [0.15, 0.2) is 70.8 Å². The molecule has 3 aromatic carbocycles. The monoisotopic (exact) mass is 540 g/mol. The summed E-state index contributed by atoms with van der Waals surface area (Å²) in [6, 6.07) is 18.2. The molecule has 0 aliphatic carbocycles. The second kappa shape index (κ2) is 10.3. The highest BCUT2D eigenvalue weighted by atomic mass is 79.9. The van der Waals surface area contributed by atoms with E-state index in [4.69, 9.17) is 21.1 Å². The van der Waals surface area contributed by atoms with Crippen LogP contribution in [0.3, 0.4) is 0 Å². The number of amides is 3. The largest absolute Gasteiger partial charge is 0.493 e. The van der Waals surface area contributed by atoms with E-state index in [0.717, 1.165) is 16.7 Å². The minimum absolute atomic E-state index is 0.190. The van der Waals surface area contributed by atoms with E-state index >= 15 is 0 Å². The van der Waals surface area contributed by atoms with Gasteiger partial charge in [-0.3, -0.25) is 9.69 Å². The maximum atomic E-state index is 12.9. The fourth-order valence-corrected chi connectivity index (χ4v) is 3.99. The molecule has 1 aliphatic heterocycles. The van der Waals surface area contributed by atoms with Gasteiger partial charge < -0.3 is 14.8 Å². The zero-order valence-corrected chi connectivity index (χ0v) is 20.9. The quantitative estimate of drug-likeness (QED) is 0.290. The lowest BCUT2D eigenvalue weighted by molar-refractivity contribution is -0.123. The normalized spacial score (nSPS) is 14.5. The third-order valence-electron chi connectivity index (χ3n) is 5.31. The molecule has 1 saturated heterocycles. The van der Waals surface area contributed by atoms with Crippen LogP contribution in [0.25, 0.3) is 6.08 Å². The molecule has 0 aromatic heterocycles. The summed E-state index contributed by atoms with van der Waals surface area (Å²) >= 11 is 9.46. The summed E-state index contributed by atoms with van der Waals surface area (Å²) in [5, 5.41) is 3.32. The van der Waals surface area contributed by atoms with E-state index in [0.29, 0.717) is 33.2 Å². The van der Waals surface area contributed by atoms with Crippen molar-refractivity contribution in [1.82, 2.24) is 10.2 Å². The van der Waals surface area contributed by atoms with Crippen LogP contribution in [-0.2, 0) is 17.9 Å². The SMILES string of the molecule is COc1cc(/C=C2/NC(=O)N(Cc3ccc(C)cc3)C2=O)c(Br)cc1OCc1ccc(Cl)cc1. The molecule has 1 N–H and O–H groups in total. The number of halogens is 2. The van der Waals surface area contributed by atoms with Gasteiger partial charge in [0.15, 0.2) is 11.5 Å². The molecule has 1 aliphatic rings. The molecular formula is C26H22BrClN2O4. The molecule has 6 nitrogen and oxygen atoms in total. The second-order valence-corrected chi connectivity index (χ2v) is 9.10. The summed E-state index contributed by atoms with van der Waals surface area (Å²) in [5.41, 5.74) is 3.80. The molecule has 4 rings (SSSR count). The molecule has 0 saturated carbocycles. The minimum Gasteiger partial charge on any atom is -0.493 e. The average Bonchev–Trinajstić information content (AvgIpc) is 3.08. The molecule has 3 aromatic rings. The third-order valence-corrected chi connectivity index (χ3v) is 6.25. The molecular weight excluding hydrogens is 520 g/mol. The molecule has 0 spiro atoms. The first-order valence-electron chi connectivity index (χ1n) is 10.5. The van der Waals surface area contributed by atoms with E-state index in [2.05, 4.69) is 21.2 Å². The number of urea groups is 1. The summed E-state index contributed by atoms with van der Waals surface area (Å²) in [7, 11) is 1.54. The lowest BCUT2D eigenvalue weighted by Gasteiger charge is -2.13. The predicted molar refractivity (Wildman–Crippen MR) is 135 cm³/mol. The van der Waals surface area contributed by atoms with Gasteiger partial charge in [0.2, 0.25) is 0 Å². The Bertz CT molecular complexity index is 1260. The molecule has 0 atom stereocenters. The van der Waals surface area contributed by atoms with Crippen LogP contribution in [0, 0.1) is 6.92 Å². The zero-order valence-electron chi connectivity index (χ0n) is 18.6. The van der Waals surface area contributed by atoms with Crippen molar-refractivity contribution in [3.8, 4) is 11.5 Å². The Morgan fingerprint density at radius 3 is 2.35 bits per heavy atom. The molecule has 174 valence electrons. The highest BCUT2D eigenvalue weighted by molar-refractivity contribution is 9.10. The van der Waals surface area contributed by atoms with Crippen molar-refractivity contribution in [2.75, 3.05) is 7.11 Å². The number of nitrogens with zero attached hydrogens (tertiary/aromatic N) is 1. The van der Waals surface area contributed by atoms with Gasteiger partial charge in [-0.15, -0.1) is 0 Å². The second-order valence-electron chi connectivity index (χ2n) is 7.80. The number of benzene rings is 3. The van der Waals surface area contributed by atoms with Crippen LogP contribution in [0.4, 0.5) is 4.79 Å². The first-order valence-corrected chi connectivity index (χ1v) is 11.7. The lowest BCUT2D eigenvalue weighted by atomic mass is 10.1. The van der Waals surface area contributed by atoms with Crippen molar-refractivity contribution < 1.29 is 19.1 Å². The van der Waals surface area contributed by atoms with Crippen LogP contribution in [0.2, 0.25) is 5.02 Å². The van der Waals surface area contributed by atoms with E-state index < -0.39 is 6.03 Å². The van der Waals surface area contributed by atoms with Crippen molar-refractivity contribution in [3.05, 3.63) is 98.1 Å². The Hall–Kier alpha value is -3.29. The van der Waals surface area contributed by atoms with E-state index in [1.165, 1.54) is 4.90 Å². The Labute approximate surface area is 211 Å². The third kappa shape index (κ3) is 5.43. The van der Waals surface area contributed by atoms with Gasteiger partial charge in [-0.1, -0.05) is 69.5 Å². The Morgan fingerprint density at radius 2 is 1.68 bits per heavy atom. The molecule has 1 heterocycles. The Balaban J connectivity index is 1.52. The van der Waals surface area contributed by atoms with Crippen molar-refractivity contribution in [2.24, 2.45) is 0 Å². The van der Waals surface area contributed by atoms with E-state index in [1.807, 2.05) is 43.3 Å². The van der Waals surface area contributed by atoms with Crippen molar-refractivity contribution in [1.29, 1.82) is 0 Å². The molecule has 0 radical (unpaired) electrons. The topological polar surface area (TPSA) is 67.9 Å². The fourth-order valence-electron chi connectivity index (χ4n) is 3.42. The highest BCUT2D eigenvalue weighted by Crippen LogP contribution is 2.35. The van der Waals surface area contributed by atoms with Gasteiger partial charge in [-0.2, -0.15) is 0 Å². The molecule has 8 heteroatoms. The number of hydrogen-bond acceptors (Lipinski definition) is 4. The number of carbonyl (C=O) groups excluding carboxylic acids is 2. The number of carbonyl (C=O) groups is 2. The molecule has 3 amide bonds. The van der Waals surface area contributed by atoms with Crippen LogP contribution < -0.4 is 14.8 Å². The lowest BCUT2D eigenvalue weighted by Crippen LogP contribution is -2.30. The maximum Gasteiger partial charge on any atom is 0.329 e. The van der Waals surface area contributed by atoms with Crippen LogP contribution in [0.5, 0.6) is 11.5 Å². The van der Waals surface area contributed by atoms with E-state index in [9.17, 15) is 9.59 Å². The number of imide groups is 1. The van der Waals surface area contributed by atoms with Crippen molar-refractivity contribution >= 4 is 45.5 Å². The van der Waals surface area contributed by atoms with Gasteiger partial charge in [-0.05, 0) is 54.0 Å². The number of aryl methyl sites for hydroxylation is 1. The predicted octanol–water partition coefficient (Wildman–Crippen LogP) is 6.09. The first kappa shape index (κ1) is 23.9. The fraction of sp³-hybridized carbons (Fsp3) is 0.154. The highest BCUT2D eigenvalue weighted by Gasteiger charge is 2.33. The Kier molecular flexibility index (Phi) is 7.24. The molecule has 0 unspecified atom stereocenters. The van der Waals surface area contributed by atoms with E-state index in [1.54, 1.807) is 37.5 Å². The first-order chi connectivity index (χ1) is 16.3. The Morgan fingerprint density at radius 1 is 1.00 bits per heavy atom. The van der Waals surface area contributed by atoms with Crippen molar-refractivity contribution in [3.63, 3.8) is 0 Å². The van der Waals surface area contributed by atoms with Gasteiger partial charge in [0.1, 0.15) is 12.3 Å². The molecule has 34 heavy (non-hydrogen) atoms. The zero-order chi connectivity index (χ0) is 24.2. The van der Waals surface area contributed by atoms with Gasteiger partial charge in [-0.25, -0.2) is 4.79 Å². The smallest absolute Gasteiger partial charge is 0.329 e.